The molecule has 1 saturated heterocycles. The van der Waals surface area contributed by atoms with Crippen LogP contribution in [0.5, 0.6) is 0 Å². The zero-order valence-corrected chi connectivity index (χ0v) is 18.8. The number of halogens is 1. The van der Waals surface area contributed by atoms with Crippen LogP contribution in [0.25, 0.3) is 6.08 Å². The molecule has 1 heterocycles. The third kappa shape index (κ3) is 6.27. The molecule has 1 aliphatic heterocycles. The molecule has 6 nitrogen and oxygen atoms in total. The van der Waals surface area contributed by atoms with Gasteiger partial charge in [0.15, 0.2) is 0 Å². The van der Waals surface area contributed by atoms with Crippen LogP contribution in [0.15, 0.2) is 71.2 Å². The molecule has 9 heteroatoms. The second-order valence-electron chi connectivity index (χ2n) is 6.58. The first-order valence-electron chi connectivity index (χ1n) is 9.17. The van der Waals surface area contributed by atoms with Crippen molar-refractivity contribution >= 4 is 63.7 Å². The van der Waals surface area contributed by atoms with Crippen LogP contribution in [0.3, 0.4) is 0 Å². The molecule has 1 aliphatic rings. The van der Waals surface area contributed by atoms with Crippen LogP contribution >= 0.6 is 35.6 Å². The Kier molecular flexibility index (Phi) is 7.62. The van der Waals surface area contributed by atoms with E-state index < -0.39 is 11.8 Å². The average molecular weight is 472 g/mol. The highest BCUT2D eigenvalue weighted by molar-refractivity contribution is 8.26. The van der Waals surface area contributed by atoms with E-state index in [2.05, 4.69) is 10.9 Å². The van der Waals surface area contributed by atoms with Crippen molar-refractivity contribution in [3.8, 4) is 0 Å². The van der Waals surface area contributed by atoms with Crippen LogP contribution in [0.4, 0.5) is 0 Å². The zero-order chi connectivity index (χ0) is 22.4. The molecule has 2 aromatic rings. The van der Waals surface area contributed by atoms with Gasteiger partial charge in [0.2, 0.25) is 0 Å². The molecule has 0 aromatic heterocycles. The van der Waals surface area contributed by atoms with Crippen LogP contribution in [-0.2, 0) is 9.59 Å². The van der Waals surface area contributed by atoms with Crippen molar-refractivity contribution in [2.45, 2.75) is 6.92 Å². The second-order valence-corrected chi connectivity index (χ2v) is 8.69. The summed E-state index contributed by atoms with van der Waals surface area (Å²) in [5.74, 6) is -1.46. The maximum absolute atomic E-state index is 12.7. The maximum Gasteiger partial charge on any atom is 0.269 e. The average Bonchev–Trinajstić information content (AvgIpc) is 3.00. The van der Waals surface area contributed by atoms with Crippen LogP contribution in [0.2, 0.25) is 5.02 Å². The van der Waals surface area contributed by atoms with E-state index in [9.17, 15) is 14.4 Å². The van der Waals surface area contributed by atoms with Crippen molar-refractivity contribution in [2.75, 3.05) is 6.54 Å². The molecule has 0 radical (unpaired) electrons. The topological polar surface area (TPSA) is 78.5 Å². The molecular weight excluding hydrogens is 454 g/mol. The number of carbonyl (C=O) groups is 3. The Hall–Kier alpha value is -2.94. The molecule has 0 bridgehead atoms. The minimum atomic E-state index is -0.579. The summed E-state index contributed by atoms with van der Waals surface area (Å²) < 4.78 is 0.278. The van der Waals surface area contributed by atoms with Crippen LogP contribution in [0, 0.1) is 0 Å². The third-order valence-corrected chi connectivity index (χ3v) is 5.74. The van der Waals surface area contributed by atoms with Gasteiger partial charge >= 0.3 is 0 Å². The number of nitrogens with zero attached hydrogens (tertiary/aromatic N) is 1. The molecule has 158 valence electrons. The largest absolute Gasteiger partial charge is 0.283 e. The number of hydrogen-bond donors (Lipinski definition) is 2. The molecule has 3 rings (SSSR count). The highest BCUT2D eigenvalue weighted by Crippen LogP contribution is 2.31. The quantitative estimate of drug-likeness (QED) is 0.392. The molecule has 31 heavy (non-hydrogen) atoms. The van der Waals surface area contributed by atoms with Gasteiger partial charge in [-0.25, -0.2) is 0 Å². The number of allylic oxidation sites excluding steroid dienone is 2. The lowest BCUT2D eigenvalue weighted by molar-refractivity contribution is -0.129. The number of carbonyl (C=O) groups excluding carboxylic acids is 3. The van der Waals surface area contributed by atoms with Gasteiger partial charge in [0.05, 0.1) is 4.91 Å². The van der Waals surface area contributed by atoms with Gasteiger partial charge in [-0.05, 0) is 42.3 Å². The van der Waals surface area contributed by atoms with Crippen LogP contribution in [-0.4, -0.2) is 33.5 Å². The maximum atomic E-state index is 12.7. The molecule has 3 amide bonds. The first-order valence-corrected chi connectivity index (χ1v) is 10.8. The first kappa shape index (κ1) is 22.7. The number of rotatable bonds is 5. The van der Waals surface area contributed by atoms with Crippen molar-refractivity contribution in [2.24, 2.45) is 0 Å². The Morgan fingerprint density at radius 2 is 1.87 bits per heavy atom. The predicted octanol–water partition coefficient (Wildman–Crippen LogP) is 3.95. The van der Waals surface area contributed by atoms with E-state index in [4.69, 9.17) is 23.8 Å². The molecule has 0 aliphatic carbocycles. The zero-order valence-electron chi connectivity index (χ0n) is 16.4. The minimum absolute atomic E-state index is 0.278. The van der Waals surface area contributed by atoms with Gasteiger partial charge in [0, 0.05) is 10.6 Å². The lowest BCUT2D eigenvalue weighted by Crippen LogP contribution is -2.47. The van der Waals surface area contributed by atoms with Crippen LogP contribution in [0.1, 0.15) is 22.8 Å². The van der Waals surface area contributed by atoms with E-state index in [0.29, 0.717) is 15.5 Å². The number of benzene rings is 2. The Morgan fingerprint density at radius 1 is 1.13 bits per heavy atom. The van der Waals surface area contributed by atoms with E-state index >= 15 is 0 Å². The highest BCUT2D eigenvalue weighted by Gasteiger charge is 2.33. The molecule has 0 unspecified atom stereocenters. The van der Waals surface area contributed by atoms with Gasteiger partial charge < -0.3 is 0 Å². The van der Waals surface area contributed by atoms with E-state index in [1.54, 1.807) is 24.3 Å². The number of amides is 3. The van der Waals surface area contributed by atoms with Gasteiger partial charge in [-0.2, -0.15) is 0 Å². The second kappa shape index (κ2) is 10.4. The fourth-order valence-electron chi connectivity index (χ4n) is 2.71. The van der Waals surface area contributed by atoms with Gasteiger partial charge in [0.25, 0.3) is 17.7 Å². The number of hydrazine groups is 1. The van der Waals surface area contributed by atoms with Crippen molar-refractivity contribution in [3.63, 3.8) is 0 Å². The Labute approximate surface area is 194 Å². The lowest BCUT2D eigenvalue weighted by Gasteiger charge is -2.14. The number of thioether (sulfide) groups is 1. The van der Waals surface area contributed by atoms with Crippen molar-refractivity contribution in [1.82, 2.24) is 15.8 Å². The highest BCUT2D eigenvalue weighted by atomic mass is 35.5. The summed E-state index contributed by atoms with van der Waals surface area (Å²) in [6, 6.07) is 16.0. The predicted molar refractivity (Wildman–Crippen MR) is 127 cm³/mol. The molecule has 0 atom stereocenters. The summed E-state index contributed by atoms with van der Waals surface area (Å²) in [6.45, 7) is 1.58. The summed E-state index contributed by atoms with van der Waals surface area (Å²) in [4.78, 5) is 38.6. The molecule has 2 aromatic carbocycles. The lowest BCUT2D eigenvalue weighted by atomic mass is 10.1. The molecule has 2 N–H and O–H groups in total. The fourth-order valence-corrected chi connectivity index (χ4v) is 4.20. The smallest absolute Gasteiger partial charge is 0.269 e. The summed E-state index contributed by atoms with van der Waals surface area (Å²) >= 11 is 12.2. The minimum Gasteiger partial charge on any atom is -0.283 e. The monoisotopic (exact) mass is 471 g/mol. The Balaban J connectivity index is 1.58. The van der Waals surface area contributed by atoms with Crippen molar-refractivity contribution in [3.05, 3.63) is 87.3 Å². The van der Waals surface area contributed by atoms with Gasteiger partial charge in [-0.3, -0.25) is 30.1 Å². The van der Waals surface area contributed by atoms with Gasteiger partial charge in [0.1, 0.15) is 10.9 Å². The Morgan fingerprint density at radius 3 is 2.58 bits per heavy atom. The van der Waals surface area contributed by atoms with Crippen molar-refractivity contribution < 1.29 is 14.4 Å². The number of thiocarbonyl (C=S) groups is 1. The molecule has 0 spiro atoms. The molecular formula is C22H18ClN3O3S2. The first-order chi connectivity index (χ1) is 14.8. The standard InChI is InChI=1S/C22H18ClN3O3S2/c1-14(10-15-6-3-2-4-7-15)11-18-21(29)26(22(30)31-18)13-19(27)24-25-20(28)16-8-5-9-17(23)12-16/h2-12H,13H2,1H3,(H,24,27)(H,25,28)/b14-10+,18-11-. The third-order valence-electron chi connectivity index (χ3n) is 4.13. The molecule has 1 fully saturated rings. The van der Waals surface area contributed by atoms with E-state index in [1.807, 2.05) is 43.3 Å². The summed E-state index contributed by atoms with van der Waals surface area (Å²) in [5, 5.41) is 0.403. The normalized spacial score (nSPS) is 15.4. The van der Waals surface area contributed by atoms with Crippen molar-refractivity contribution in [1.29, 1.82) is 0 Å². The fraction of sp³-hybridized carbons (Fsp3) is 0.0909. The van der Waals surface area contributed by atoms with E-state index in [-0.39, 0.29) is 16.8 Å². The SMILES string of the molecule is CC(/C=C1\SC(=S)N(CC(=O)NNC(=O)c2cccc(Cl)c2)C1=O)=C\c1ccccc1. The Bertz CT molecular complexity index is 1100. The summed E-state index contributed by atoms with van der Waals surface area (Å²) in [6.07, 6.45) is 3.69. The van der Waals surface area contributed by atoms with E-state index in [0.717, 1.165) is 22.9 Å². The van der Waals surface area contributed by atoms with Gasteiger partial charge in [-0.1, -0.05) is 78.1 Å². The van der Waals surface area contributed by atoms with E-state index in [1.165, 1.54) is 11.0 Å². The molecule has 0 saturated carbocycles. The number of nitrogens with one attached hydrogen (secondary N) is 2. The summed E-state index contributed by atoms with van der Waals surface area (Å²) in [5.41, 5.74) is 6.76. The van der Waals surface area contributed by atoms with Crippen LogP contribution < -0.4 is 10.9 Å². The number of hydrogen-bond acceptors (Lipinski definition) is 5. The summed E-state index contributed by atoms with van der Waals surface area (Å²) in [7, 11) is 0. The van der Waals surface area contributed by atoms with Gasteiger partial charge in [-0.15, -0.1) is 0 Å².